The molecule has 0 aromatic heterocycles. The van der Waals surface area contributed by atoms with Crippen molar-refractivity contribution in [3.8, 4) is 11.5 Å². The second-order valence-electron chi connectivity index (χ2n) is 5.60. The van der Waals surface area contributed by atoms with Crippen LogP contribution < -0.4 is 14.8 Å². The second kappa shape index (κ2) is 7.11. The van der Waals surface area contributed by atoms with Crippen LogP contribution >= 0.6 is 0 Å². The predicted octanol–water partition coefficient (Wildman–Crippen LogP) is 0.920. The van der Waals surface area contributed by atoms with Crippen LogP contribution in [-0.4, -0.2) is 64.1 Å². The van der Waals surface area contributed by atoms with Gasteiger partial charge in [-0.05, 0) is 24.1 Å². The number of hydrogen-bond acceptors (Lipinski definition) is 5. The largest absolute Gasteiger partial charge is 0.493 e. The van der Waals surface area contributed by atoms with Crippen LogP contribution in [0.3, 0.4) is 0 Å². The molecular formula is C16H24N2O3. The zero-order valence-corrected chi connectivity index (χ0v) is 12.6. The fourth-order valence-electron chi connectivity index (χ4n) is 2.65. The van der Waals surface area contributed by atoms with Gasteiger partial charge in [-0.25, -0.2) is 0 Å². The Kier molecular flexibility index (Phi) is 4.95. The molecule has 2 aliphatic rings. The van der Waals surface area contributed by atoms with Crippen molar-refractivity contribution >= 4 is 0 Å². The Bertz CT molecular complexity index is 457. The summed E-state index contributed by atoms with van der Waals surface area (Å²) >= 11 is 0. The summed E-state index contributed by atoms with van der Waals surface area (Å²) in [6.07, 6.45) is 1.21. The van der Waals surface area contributed by atoms with Gasteiger partial charge in [0, 0.05) is 32.7 Å². The normalized spacial score (nSPS) is 20.0. The van der Waals surface area contributed by atoms with Gasteiger partial charge in [-0.15, -0.1) is 0 Å². The van der Waals surface area contributed by atoms with Crippen molar-refractivity contribution in [2.24, 2.45) is 0 Å². The van der Waals surface area contributed by atoms with E-state index in [1.807, 2.05) is 6.07 Å². The highest BCUT2D eigenvalue weighted by atomic mass is 16.6. The van der Waals surface area contributed by atoms with Gasteiger partial charge in [-0.3, -0.25) is 0 Å². The minimum Gasteiger partial charge on any atom is -0.493 e. The highest BCUT2D eigenvalue weighted by Gasteiger charge is 2.22. The Hall–Kier alpha value is -1.30. The molecule has 0 bridgehead atoms. The summed E-state index contributed by atoms with van der Waals surface area (Å²) in [6, 6.07) is 6.24. The lowest BCUT2D eigenvalue weighted by Crippen LogP contribution is -2.44. The SMILES string of the molecule is COc1ccc(CCN2CCNCC2)cc1OC1COC1. The fourth-order valence-corrected chi connectivity index (χ4v) is 2.65. The van der Waals surface area contributed by atoms with Crippen molar-refractivity contribution in [3.63, 3.8) is 0 Å². The summed E-state index contributed by atoms with van der Waals surface area (Å²) in [5.41, 5.74) is 1.30. The van der Waals surface area contributed by atoms with E-state index in [4.69, 9.17) is 14.2 Å². The maximum absolute atomic E-state index is 5.93. The van der Waals surface area contributed by atoms with Crippen molar-refractivity contribution in [2.45, 2.75) is 12.5 Å². The lowest BCUT2D eigenvalue weighted by Gasteiger charge is -2.28. The lowest BCUT2D eigenvalue weighted by atomic mass is 10.1. The molecule has 0 aliphatic carbocycles. The number of piperazine rings is 1. The van der Waals surface area contributed by atoms with Gasteiger partial charge in [-0.1, -0.05) is 6.07 Å². The van der Waals surface area contributed by atoms with Crippen molar-refractivity contribution in [3.05, 3.63) is 23.8 Å². The third-order valence-electron chi connectivity index (χ3n) is 4.06. The van der Waals surface area contributed by atoms with Crippen LogP contribution in [0.4, 0.5) is 0 Å². The monoisotopic (exact) mass is 292 g/mol. The van der Waals surface area contributed by atoms with E-state index >= 15 is 0 Å². The maximum Gasteiger partial charge on any atom is 0.162 e. The number of ether oxygens (including phenoxy) is 3. The molecule has 2 saturated heterocycles. The standard InChI is InChI=1S/C16H24N2O3/c1-19-15-3-2-13(4-7-18-8-5-17-6-9-18)10-16(15)21-14-11-20-12-14/h2-3,10,14,17H,4-9,11-12H2,1H3. The molecule has 1 N–H and O–H groups in total. The summed E-state index contributed by atoms with van der Waals surface area (Å²) in [6.45, 7) is 6.91. The molecule has 1 aromatic carbocycles. The molecule has 0 atom stereocenters. The Morgan fingerprint density at radius 1 is 1.24 bits per heavy atom. The molecule has 3 rings (SSSR count). The minimum absolute atomic E-state index is 0.169. The van der Waals surface area contributed by atoms with E-state index in [-0.39, 0.29) is 6.10 Å². The second-order valence-corrected chi connectivity index (χ2v) is 5.60. The van der Waals surface area contributed by atoms with Crippen LogP contribution in [0.15, 0.2) is 18.2 Å². The van der Waals surface area contributed by atoms with E-state index in [1.54, 1.807) is 7.11 Å². The molecule has 0 unspecified atom stereocenters. The number of nitrogens with one attached hydrogen (secondary N) is 1. The van der Waals surface area contributed by atoms with Crippen LogP contribution in [0.25, 0.3) is 0 Å². The van der Waals surface area contributed by atoms with Gasteiger partial charge in [0.15, 0.2) is 11.5 Å². The Balaban J connectivity index is 1.59. The summed E-state index contributed by atoms with van der Waals surface area (Å²) in [4.78, 5) is 2.50. The van der Waals surface area contributed by atoms with E-state index in [2.05, 4.69) is 22.3 Å². The first-order valence-electron chi connectivity index (χ1n) is 7.69. The van der Waals surface area contributed by atoms with Crippen LogP contribution in [0.5, 0.6) is 11.5 Å². The van der Waals surface area contributed by atoms with E-state index in [1.165, 1.54) is 5.56 Å². The van der Waals surface area contributed by atoms with Gasteiger partial charge < -0.3 is 24.4 Å². The van der Waals surface area contributed by atoms with Crippen molar-refractivity contribution in [1.82, 2.24) is 10.2 Å². The molecule has 0 radical (unpaired) electrons. The average molecular weight is 292 g/mol. The Labute approximate surface area is 126 Å². The van der Waals surface area contributed by atoms with Crippen molar-refractivity contribution < 1.29 is 14.2 Å². The molecule has 2 heterocycles. The molecule has 116 valence electrons. The first kappa shape index (κ1) is 14.6. The fraction of sp³-hybridized carbons (Fsp3) is 0.625. The number of rotatable bonds is 6. The highest BCUT2D eigenvalue weighted by Crippen LogP contribution is 2.30. The molecule has 5 nitrogen and oxygen atoms in total. The quantitative estimate of drug-likeness (QED) is 0.844. The van der Waals surface area contributed by atoms with Gasteiger partial charge in [0.2, 0.25) is 0 Å². The van der Waals surface area contributed by atoms with Gasteiger partial charge in [-0.2, -0.15) is 0 Å². The first-order valence-corrected chi connectivity index (χ1v) is 7.69. The van der Waals surface area contributed by atoms with Crippen molar-refractivity contribution in [2.75, 3.05) is 53.0 Å². The number of nitrogens with zero attached hydrogens (tertiary/aromatic N) is 1. The topological polar surface area (TPSA) is 43.0 Å². The summed E-state index contributed by atoms with van der Waals surface area (Å²) in [7, 11) is 1.68. The smallest absolute Gasteiger partial charge is 0.162 e. The summed E-state index contributed by atoms with van der Waals surface area (Å²) < 4.78 is 16.5. The van der Waals surface area contributed by atoms with Gasteiger partial charge in [0.05, 0.1) is 20.3 Å². The molecule has 21 heavy (non-hydrogen) atoms. The zero-order valence-electron chi connectivity index (χ0n) is 12.6. The maximum atomic E-state index is 5.93. The summed E-state index contributed by atoms with van der Waals surface area (Å²) in [5.74, 6) is 1.64. The first-order chi connectivity index (χ1) is 10.3. The van der Waals surface area contributed by atoms with Crippen LogP contribution in [-0.2, 0) is 11.2 Å². The van der Waals surface area contributed by atoms with Crippen LogP contribution in [0.1, 0.15) is 5.56 Å². The number of methoxy groups -OCH3 is 1. The molecule has 2 aliphatic heterocycles. The molecule has 0 amide bonds. The molecular weight excluding hydrogens is 268 g/mol. The van der Waals surface area contributed by atoms with Gasteiger partial charge in [0.1, 0.15) is 6.10 Å². The molecule has 5 heteroatoms. The third kappa shape index (κ3) is 3.87. The van der Waals surface area contributed by atoms with Crippen molar-refractivity contribution in [1.29, 1.82) is 0 Å². The van der Waals surface area contributed by atoms with Gasteiger partial charge >= 0.3 is 0 Å². The minimum atomic E-state index is 0.169. The van der Waals surface area contributed by atoms with E-state index in [0.717, 1.165) is 50.6 Å². The molecule has 0 spiro atoms. The number of hydrogen-bond donors (Lipinski definition) is 1. The predicted molar refractivity (Wildman–Crippen MR) is 81.2 cm³/mol. The van der Waals surface area contributed by atoms with Crippen LogP contribution in [0, 0.1) is 0 Å². The van der Waals surface area contributed by atoms with Gasteiger partial charge in [0.25, 0.3) is 0 Å². The lowest BCUT2D eigenvalue weighted by molar-refractivity contribution is -0.0803. The van der Waals surface area contributed by atoms with Crippen LogP contribution in [0.2, 0.25) is 0 Å². The molecule has 1 aromatic rings. The zero-order chi connectivity index (χ0) is 14.5. The van der Waals surface area contributed by atoms with E-state index in [0.29, 0.717) is 13.2 Å². The Morgan fingerprint density at radius 3 is 2.71 bits per heavy atom. The third-order valence-corrected chi connectivity index (χ3v) is 4.06. The molecule has 2 fully saturated rings. The number of benzene rings is 1. The highest BCUT2D eigenvalue weighted by molar-refractivity contribution is 5.43. The van der Waals surface area contributed by atoms with E-state index in [9.17, 15) is 0 Å². The Morgan fingerprint density at radius 2 is 2.05 bits per heavy atom. The average Bonchev–Trinajstić information content (AvgIpc) is 2.50. The summed E-state index contributed by atoms with van der Waals surface area (Å²) in [5, 5.41) is 3.38. The molecule has 0 saturated carbocycles. The van der Waals surface area contributed by atoms with E-state index < -0.39 is 0 Å².